The summed E-state index contributed by atoms with van der Waals surface area (Å²) in [5.74, 6) is 1.80. The molecule has 3 nitrogen and oxygen atoms in total. The largest absolute Gasteiger partial charge is 0.340 e. The average Bonchev–Trinajstić information content (AvgIpc) is 3.00. The fourth-order valence-corrected chi connectivity index (χ4v) is 3.25. The highest BCUT2D eigenvalue weighted by molar-refractivity contribution is 5.79. The molecule has 2 aliphatic carbocycles. The lowest BCUT2D eigenvalue weighted by atomic mass is 10.1. The van der Waals surface area contributed by atoms with Crippen molar-refractivity contribution in [2.24, 2.45) is 11.8 Å². The number of carbonyl (C=O) groups excluding carboxylic acids is 1. The first-order chi connectivity index (χ1) is 8.33. The first-order valence-electron chi connectivity index (χ1n) is 7.34. The summed E-state index contributed by atoms with van der Waals surface area (Å²) in [6.07, 6.45) is 7.67. The van der Waals surface area contributed by atoms with Gasteiger partial charge in [-0.3, -0.25) is 9.69 Å². The summed E-state index contributed by atoms with van der Waals surface area (Å²) in [6, 6.07) is 0. The molecule has 3 heteroatoms. The Hall–Kier alpha value is -0.570. The Kier molecular flexibility index (Phi) is 3.37. The maximum atomic E-state index is 12.2. The quantitative estimate of drug-likeness (QED) is 0.745. The maximum absolute atomic E-state index is 12.2. The van der Waals surface area contributed by atoms with E-state index in [0.717, 1.165) is 44.9 Å². The molecule has 0 spiro atoms. The van der Waals surface area contributed by atoms with Crippen molar-refractivity contribution < 1.29 is 4.79 Å². The van der Waals surface area contributed by atoms with Crippen molar-refractivity contribution in [1.29, 1.82) is 0 Å². The van der Waals surface area contributed by atoms with Crippen LogP contribution in [0.1, 0.15) is 38.5 Å². The third-order valence-corrected chi connectivity index (χ3v) is 4.60. The van der Waals surface area contributed by atoms with Gasteiger partial charge in [-0.25, -0.2) is 0 Å². The van der Waals surface area contributed by atoms with Gasteiger partial charge in [-0.2, -0.15) is 0 Å². The monoisotopic (exact) mass is 236 g/mol. The number of hydrogen-bond donors (Lipinski definition) is 0. The molecule has 0 unspecified atom stereocenters. The van der Waals surface area contributed by atoms with Crippen LogP contribution in [0.15, 0.2) is 0 Å². The van der Waals surface area contributed by atoms with Crippen LogP contribution in [0.5, 0.6) is 0 Å². The third kappa shape index (κ3) is 2.82. The van der Waals surface area contributed by atoms with E-state index in [1.165, 1.54) is 32.2 Å². The second kappa shape index (κ2) is 4.97. The lowest BCUT2D eigenvalue weighted by molar-refractivity contribution is -0.137. The van der Waals surface area contributed by atoms with E-state index in [0.29, 0.717) is 11.8 Å². The van der Waals surface area contributed by atoms with Gasteiger partial charge in [-0.15, -0.1) is 0 Å². The summed E-state index contributed by atoms with van der Waals surface area (Å²) < 4.78 is 0. The van der Waals surface area contributed by atoms with Gasteiger partial charge in [0.1, 0.15) is 0 Å². The molecule has 0 atom stereocenters. The van der Waals surface area contributed by atoms with E-state index < -0.39 is 0 Å². The molecule has 96 valence electrons. The minimum atomic E-state index is 0.366. The van der Waals surface area contributed by atoms with Crippen LogP contribution in [0.3, 0.4) is 0 Å². The van der Waals surface area contributed by atoms with Crippen LogP contribution in [-0.4, -0.2) is 48.4 Å². The third-order valence-electron chi connectivity index (χ3n) is 4.60. The highest BCUT2D eigenvalue weighted by atomic mass is 16.2. The van der Waals surface area contributed by atoms with Gasteiger partial charge in [0.25, 0.3) is 0 Å². The van der Waals surface area contributed by atoms with E-state index in [9.17, 15) is 4.79 Å². The number of hydrogen-bond acceptors (Lipinski definition) is 2. The van der Waals surface area contributed by atoms with E-state index in [2.05, 4.69) is 9.80 Å². The van der Waals surface area contributed by atoms with Gasteiger partial charge in [0.05, 0.1) is 0 Å². The highest BCUT2D eigenvalue weighted by Gasteiger charge is 2.31. The van der Waals surface area contributed by atoms with Gasteiger partial charge in [0, 0.05) is 38.6 Å². The van der Waals surface area contributed by atoms with Gasteiger partial charge >= 0.3 is 0 Å². The van der Waals surface area contributed by atoms with Crippen molar-refractivity contribution in [1.82, 2.24) is 9.80 Å². The van der Waals surface area contributed by atoms with Crippen molar-refractivity contribution in [3.63, 3.8) is 0 Å². The van der Waals surface area contributed by atoms with Crippen LogP contribution in [0, 0.1) is 11.8 Å². The van der Waals surface area contributed by atoms with Crippen molar-refractivity contribution in [3.05, 3.63) is 0 Å². The Morgan fingerprint density at radius 1 is 0.941 bits per heavy atom. The van der Waals surface area contributed by atoms with Crippen molar-refractivity contribution in [3.8, 4) is 0 Å². The second-order valence-electron chi connectivity index (χ2n) is 6.05. The van der Waals surface area contributed by atoms with E-state index >= 15 is 0 Å². The lowest BCUT2D eigenvalue weighted by Gasteiger charge is -2.36. The SMILES string of the molecule is O=C(C1CCCC1)N1CCN(CC2CC2)CC1. The minimum Gasteiger partial charge on any atom is -0.340 e. The van der Waals surface area contributed by atoms with Crippen LogP contribution < -0.4 is 0 Å². The zero-order valence-corrected chi connectivity index (χ0v) is 10.7. The Morgan fingerprint density at radius 2 is 1.59 bits per heavy atom. The topological polar surface area (TPSA) is 23.6 Å². The number of rotatable bonds is 3. The fraction of sp³-hybridized carbons (Fsp3) is 0.929. The van der Waals surface area contributed by atoms with Crippen LogP contribution >= 0.6 is 0 Å². The average molecular weight is 236 g/mol. The number of carbonyl (C=O) groups is 1. The molecule has 2 saturated carbocycles. The molecule has 1 aliphatic heterocycles. The smallest absolute Gasteiger partial charge is 0.225 e. The molecule has 0 radical (unpaired) electrons. The van der Waals surface area contributed by atoms with Crippen LogP contribution in [0.25, 0.3) is 0 Å². The van der Waals surface area contributed by atoms with E-state index in [4.69, 9.17) is 0 Å². The summed E-state index contributed by atoms with van der Waals surface area (Å²) in [6.45, 7) is 5.44. The van der Waals surface area contributed by atoms with Crippen LogP contribution in [-0.2, 0) is 4.79 Å². The first kappa shape index (κ1) is 11.5. The molecule has 3 fully saturated rings. The molecule has 17 heavy (non-hydrogen) atoms. The predicted octanol–water partition coefficient (Wildman–Crippen LogP) is 1.73. The molecule has 0 aromatic carbocycles. The summed E-state index contributed by atoms with van der Waals surface area (Å²) in [7, 11) is 0. The zero-order chi connectivity index (χ0) is 11.7. The number of amides is 1. The predicted molar refractivity (Wildman–Crippen MR) is 67.7 cm³/mol. The zero-order valence-electron chi connectivity index (χ0n) is 10.7. The van der Waals surface area contributed by atoms with Crippen LogP contribution in [0.4, 0.5) is 0 Å². The Morgan fingerprint density at radius 3 is 2.18 bits per heavy atom. The van der Waals surface area contributed by atoms with Crippen molar-refractivity contribution in [2.75, 3.05) is 32.7 Å². The molecule has 1 heterocycles. The molecule has 0 bridgehead atoms. The minimum absolute atomic E-state index is 0.366. The molecule has 0 N–H and O–H groups in total. The molecule has 1 saturated heterocycles. The van der Waals surface area contributed by atoms with Gasteiger partial charge in [0.2, 0.25) is 5.91 Å². The molecule has 0 aromatic heterocycles. The van der Waals surface area contributed by atoms with Gasteiger partial charge in [-0.05, 0) is 31.6 Å². The molecule has 0 aromatic rings. The molecular formula is C14H24N2O. The Balaban J connectivity index is 1.44. The molecular weight excluding hydrogens is 212 g/mol. The lowest BCUT2D eigenvalue weighted by Crippen LogP contribution is -2.50. The number of nitrogens with zero attached hydrogens (tertiary/aromatic N) is 2. The van der Waals surface area contributed by atoms with E-state index in [1.807, 2.05) is 0 Å². The maximum Gasteiger partial charge on any atom is 0.225 e. The fourth-order valence-electron chi connectivity index (χ4n) is 3.25. The summed E-state index contributed by atoms with van der Waals surface area (Å²) in [4.78, 5) is 16.9. The normalized spacial score (nSPS) is 27.6. The van der Waals surface area contributed by atoms with Crippen molar-refractivity contribution >= 4 is 5.91 Å². The first-order valence-corrected chi connectivity index (χ1v) is 7.34. The summed E-state index contributed by atoms with van der Waals surface area (Å²) in [5, 5.41) is 0. The molecule has 3 rings (SSSR count). The number of piperazine rings is 1. The Labute approximate surface area is 104 Å². The van der Waals surface area contributed by atoms with Gasteiger partial charge < -0.3 is 4.90 Å². The summed E-state index contributed by atoms with van der Waals surface area (Å²) in [5.41, 5.74) is 0. The molecule has 1 amide bonds. The van der Waals surface area contributed by atoms with E-state index in [1.54, 1.807) is 0 Å². The Bertz CT molecular complexity index is 274. The molecule has 3 aliphatic rings. The van der Waals surface area contributed by atoms with E-state index in [-0.39, 0.29) is 0 Å². The second-order valence-corrected chi connectivity index (χ2v) is 6.05. The van der Waals surface area contributed by atoms with Gasteiger partial charge in [0.15, 0.2) is 0 Å². The standard InChI is InChI=1S/C14H24N2O/c17-14(13-3-1-2-4-13)16-9-7-15(8-10-16)11-12-5-6-12/h12-13H,1-11H2. The van der Waals surface area contributed by atoms with Crippen molar-refractivity contribution in [2.45, 2.75) is 38.5 Å². The van der Waals surface area contributed by atoms with Gasteiger partial charge in [-0.1, -0.05) is 12.8 Å². The highest BCUT2D eigenvalue weighted by Crippen LogP contribution is 2.30. The summed E-state index contributed by atoms with van der Waals surface area (Å²) >= 11 is 0. The van der Waals surface area contributed by atoms with Crippen LogP contribution in [0.2, 0.25) is 0 Å².